The Morgan fingerprint density at radius 3 is 2.40 bits per heavy atom. The summed E-state index contributed by atoms with van der Waals surface area (Å²) in [5.74, 6) is 1.07. The van der Waals surface area contributed by atoms with Gasteiger partial charge in [0, 0.05) is 21.2 Å². The van der Waals surface area contributed by atoms with Crippen LogP contribution in [0.4, 0.5) is 0 Å². The highest BCUT2D eigenvalue weighted by Gasteiger charge is 2.09. The Kier molecular flexibility index (Phi) is 5.58. The lowest BCUT2D eigenvalue weighted by molar-refractivity contribution is 0.980. The van der Waals surface area contributed by atoms with Crippen molar-refractivity contribution in [1.29, 1.82) is 0 Å². The largest absolute Gasteiger partial charge is 0.326 e. The van der Waals surface area contributed by atoms with Crippen LogP contribution in [0, 0.1) is 13.8 Å². The van der Waals surface area contributed by atoms with Gasteiger partial charge >= 0.3 is 0 Å². The molecule has 0 amide bonds. The van der Waals surface area contributed by atoms with E-state index in [0.29, 0.717) is 6.54 Å². The number of rotatable bonds is 5. The normalized spacial score (nSPS) is 10.8. The predicted molar refractivity (Wildman–Crippen MR) is 90.8 cm³/mol. The van der Waals surface area contributed by atoms with Crippen LogP contribution < -0.4 is 5.73 Å². The summed E-state index contributed by atoms with van der Waals surface area (Å²) in [6.45, 7) is 7.07. The lowest BCUT2D eigenvalue weighted by Gasteiger charge is -2.13. The second-order valence-corrected chi connectivity index (χ2v) is 7.14. The van der Waals surface area contributed by atoms with Crippen molar-refractivity contribution in [3.8, 4) is 0 Å². The lowest BCUT2D eigenvalue weighted by Crippen LogP contribution is -2.00. The number of hydrogen-bond acceptors (Lipinski definition) is 3. The SMILES string of the molecule is CCSc1cccc(Sc2ccc(C)c(C)c2)c1CN. The maximum Gasteiger partial charge on any atom is 0.0200 e. The second kappa shape index (κ2) is 7.21. The average molecular weight is 303 g/mol. The highest BCUT2D eigenvalue weighted by molar-refractivity contribution is 8.00. The minimum absolute atomic E-state index is 0.594. The highest BCUT2D eigenvalue weighted by atomic mass is 32.2. The van der Waals surface area contributed by atoms with E-state index in [1.165, 1.54) is 31.4 Å². The number of nitrogens with two attached hydrogens (primary N) is 1. The van der Waals surface area contributed by atoms with Gasteiger partial charge in [-0.05, 0) is 60.6 Å². The summed E-state index contributed by atoms with van der Waals surface area (Å²) in [6, 6.07) is 13.1. The number of hydrogen-bond donors (Lipinski definition) is 1. The Hall–Kier alpha value is -0.900. The van der Waals surface area contributed by atoms with Gasteiger partial charge in [0.25, 0.3) is 0 Å². The van der Waals surface area contributed by atoms with Crippen molar-refractivity contribution in [2.24, 2.45) is 5.73 Å². The fourth-order valence-corrected chi connectivity index (χ4v) is 4.04. The fraction of sp³-hybridized carbons (Fsp3) is 0.294. The van der Waals surface area contributed by atoms with E-state index in [1.807, 2.05) is 23.5 Å². The van der Waals surface area contributed by atoms with Gasteiger partial charge < -0.3 is 5.73 Å². The van der Waals surface area contributed by atoms with Gasteiger partial charge in [-0.1, -0.05) is 30.8 Å². The average Bonchev–Trinajstić information content (AvgIpc) is 2.44. The van der Waals surface area contributed by atoms with E-state index in [1.54, 1.807) is 0 Å². The molecule has 3 heteroatoms. The van der Waals surface area contributed by atoms with E-state index in [2.05, 4.69) is 57.2 Å². The van der Waals surface area contributed by atoms with Crippen LogP contribution in [0.15, 0.2) is 51.1 Å². The molecule has 1 nitrogen and oxygen atoms in total. The molecule has 0 aliphatic heterocycles. The molecular weight excluding hydrogens is 282 g/mol. The Morgan fingerprint density at radius 2 is 1.75 bits per heavy atom. The summed E-state index contributed by atoms with van der Waals surface area (Å²) in [7, 11) is 0. The van der Waals surface area contributed by atoms with Crippen molar-refractivity contribution in [2.75, 3.05) is 5.75 Å². The molecule has 0 heterocycles. The molecule has 0 unspecified atom stereocenters. The van der Waals surface area contributed by atoms with Gasteiger partial charge in [-0.3, -0.25) is 0 Å². The molecule has 0 spiro atoms. The quantitative estimate of drug-likeness (QED) is 0.785. The molecule has 2 aromatic carbocycles. The van der Waals surface area contributed by atoms with E-state index in [4.69, 9.17) is 5.73 Å². The Balaban J connectivity index is 2.32. The summed E-state index contributed by atoms with van der Waals surface area (Å²) in [4.78, 5) is 3.86. The molecule has 2 aromatic rings. The highest BCUT2D eigenvalue weighted by Crippen LogP contribution is 2.35. The Bertz CT molecular complexity index is 594. The van der Waals surface area contributed by atoms with Crippen LogP contribution in [0.3, 0.4) is 0 Å². The first-order valence-electron chi connectivity index (χ1n) is 6.85. The van der Waals surface area contributed by atoms with Gasteiger partial charge in [-0.2, -0.15) is 0 Å². The fourth-order valence-electron chi connectivity index (χ4n) is 2.04. The molecule has 2 N–H and O–H groups in total. The third-order valence-corrected chi connectivity index (χ3v) is 5.37. The number of benzene rings is 2. The summed E-state index contributed by atoms with van der Waals surface area (Å²) in [5.41, 5.74) is 9.90. The predicted octanol–water partition coefficient (Wildman–Crippen LogP) is 5.03. The van der Waals surface area contributed by atoms with Crippen LogP contribution in [0.5, 0.6) is 0 Å². The minimum atomic E-state index is 0.594. The van der Waals surface area contributed by atoms with Crippen LogP contribution in [-0.4, -0.2) is 5.75 Å². The first-order valence-corrected chi connectivity index (χ1v) is 8.65. The van der Waals surface area contributed by atoms with Crippen LogP contribution in [0.25, 0.3) is 0 Å². The first kappa shape index (κ1) is 15.5. The molecule has 0 aliphatic carbocycles. The number of aryl methyl sites for hydroxylation is 2. The molecule has 2 rings (SSSR count). The van der Waals surface area contributed by atoms with Gasteiger partial charge in [-0.25, -0.2) is 0 Å². The van der Waals surface area contributed by atoms with E-state index < -0.39 is 0 Å². The standard InChI is InChI=1S/C17H21NS2/c1-4-19-16-6-5-7-17(15(16)11-18)20-14-9-8-12(2)13(3)10-14/h5-10H,4,11,18H2,1-3H3. The summed E-state index contributed by atoms with van der Waals surface area (Å²) in [5, 5.41) is 0. The van der Waals surface area contributed by atoms with E-state index in [0.717, 1.165) is 5.75 Å². The number of thioether (sulfide) groups is 1. The van der Waals surface area contributed by atoms with Crippen molar-refractivity contribution in [3.63, 3.8) is 0 Å². The van der Waals surface area contributed by atoms with Crippen molar-refractivity contribution in [2.45, 2.75) is 42.0 Å². The van der Waals surface area contributed by atoms with Crippen LogP contribution in [0.1, 0.15) is 23.6 Å². The maximum atomic E-state index is 5.96. The molecule has 0 aromatic heterocycles. The van der Waals surface area contributed by atoms with Gasteiger partial charge in [0.2, 0.25) is 0 Å². The molecule has 0 fully saturated rings. The van der Waals surface area contributed by atoms with Crippen molar-refractivity contribution >= 4 is 23.5 Å². The maximum absolute atomic E-state index is 5.96. The van der Waals surface area contributed by atoms with E-state index in [-0.39, 0.29) is 0 Å². The van der Waals surface area contributed by atoms with Crippen LogP contribution in [0.2, 0.25) is 0 Å². The van der Waals surface area contributed by atoms with Crippen molar-refractivity contribution < 1.29 is 0 Å². The van der Waals surface area contributed by atoms with E-state index >= 15 is 0 Å². The van der Waals surface area contributed by atoms with Crippen LogP contribution >= 0.6 is 23.5 Å². The molecule has 0 aliphatic rings. The van der Waals surface area contributed by atoms with Crippen molar-refractivity contribution in [1.82, 2.24) is 0 Å². The molecule has 0 atom stereocenters. The van der Waals surface area contributed by atoms with Crippen LogP contribution in [-0.2, 0) is 6.54 Å². The summed E-state index contributed by atoms with van der Waals surface area (Å²) in [6.07, 6.45) is 0. The van der Waals surface area contributed by atoms with Gasteiger partial charge in [-0.15, -0.1) is 11.8 Å². The topological polar surface area (TPSA) is 26.0 Å². The first-order chi connectivity index (χ1) is 9.65. The Labute approximate surface area is 130 Å². The van der Waals surface area contributed by atoms with Gasteiger partial charge in [0.05, 0.1) is 0 Å². The summed E-state index contributed by atoms with van der Waals surface area (Å²) < 4.78 is 0. The zero-order valence-corrected chi connectivity index (χ0v) is 13.9. The molecule has 106 valence electrons. The molecule has 0 saturated carbocycles. The van der Waals surface area contributed by atoms with Gasteiger partial charge in [0.15, 0.2) is 0 Å². The molecule has 0 radical (unpaired) electrons. The molecule has 20 heavy (non-hydrogen) atoms. The second-order valence-electron chi connectivity index (χ2n) is 4.72. The zero-order chi connectivity index (χ0) is 14.5. The third-order valence-electron chi connectivity index (χ3n) is 3.30. The Morgan fingerprint density at radius 1 is 1.00 bits per heavy atom. The summed E-state index contributed by atoms with van der Waals surface area (Å²) >= 11 is 3.67. The molecule has 0 bridgehead atoms. The van der Waals surface area contributed by atoms with Crippen molar-refractivity contribution in [3.05, 3.63) is 53.1 Å². The van der Waals surface area contributed by atoms with E-state index in [9.17, 15) is 0 Å². The lowest BCUT2D eigenvalue weighted by atomic mass is 10.1. The smallest absolute Gasteiger partial charge is 0.0200 e. The molecular formula is C17H21NS2. The monoisotopic (exact) mass is 303 g/mol. The zero-order valence-electron chi connectivity index (χ0n) is 12.3. The van der Waals surface area contributed by atoms with Gasteiger partial charge in [0.1, 0.15) is 0 Å². The molecule has 0 saturated heterocycles. The third kappa shape index (κ3) is 3.60. The minimum Gasteiger partial charge on any atom is -0.326 e.